The molecule has 93 heavy (non-hydrogen) atoms. The minimum absolute atomic E-state index is 0.0230. The average molecular weight is 1230 g/mol. The van der Waals surface area contributed by atoms with Crippen molar-refractivity contribution in [1.82, 2.24) is 0 Å². The number of nitrogens with zero attached hydrogens (tertiary/aromatic N) is 3. The number of benzene rings is 10. The molecule has 0 atom stereocenters. The SMILES string of the molecule is CC(C)(C)c1ccc(N2B3c4oc5cc6c(cc5c4N(c4ccc(C(C)(C)C)cc4-c4ccccc4)c4c3c(cc3c4oc4ccccc43)-c3cc4c(cc32)sc2ccc(N(c3ccc(C(C)(C)C)cc3)c3ccc(C(C)(C)C)cc3)cc24)C(C)(C)CCC6(C)C)cc1. The predicted molar refractivity (Wildman–Crippen MR) is 400 cm³/mol. The molecule has 5 nitrogen and oxygen atoms in total. The van der Waals surface area contributed by atoms with Crippen molar-refractivity contribution in [3.05, 3.63) is 228 Å². The second-order valence-corrected chi connectivity index (χ2v) is 33.6. The lowest BCUT2D eigenvalue weighted by Gasteiger charge is -2.44. The molecule has 0 radical (unpaired) electrons. The summed E-state index contributed by atoms with van der Waals surface area (Å²) in [5, 5.41) is 5.75. The van der Waals surface area contributed by atoms with Crippen molar-refractivity contribution < 1.29 is 8.83 Å². The lowest BCUT2D eigenvalue weighted by Crippen LogP contribution is -2.61. The normalized spacial score (nSPS) is 15.3. The van der Waals surface area contributed by atoms with E-state index in [1.807, 2.05) is 11.3 Å². The van der Waals surface area contributed by atoms with Crippen molar-refractivity contribution in [3.8, 4) is 22.3 Å². The van der Waals surface area contributed by atoms with E-state index in [1.165, 1.54) is 64.7 Å². The van der Waals surface area contributed by atoms with Crippen LogP contribution in [0.4, 0.5) is 45.5 Å². The van der Waals surface area contributed by atoms with E-state index in [-0.39, 0.29) is 32.5 Å². The summed E-state index contributed by atoms with van der Waals surface area (Å²) in [4.78, 5) is 7.67. The van der Waals surface area contributed by atoms with Gasteiger partial charge in [-0.05, 0) is 198 Å². The summed E-state index contributed by atoms with van der Waals surface area (Å²) in [5.41, 5.74) is 25.9. The first-order chi connectivity index (χ1) is 44.1. The fourth-order valence-corrected chi connectivity index (χ4v) is 16.6. The Balaban J connectivity index is 1.03. The largest absolute Gasteiger partial charge is 0.466 e. The van der Waals surface area contributed by atoms with Crippen molar-refractivity contribution in [1.29, 1.82) is 0 Å². The van der Waals surface area contributed by atoms with Gasteiger partial charge in [0.1, 0.15) is 16.8 Å². The molecule has 7 heteroatoms. The van der Waals surface area contributed by atoms with E-state index >= 15 is 0 Å². The molecular weight excluding hydrogens is 1150 g/mol. The highest BCUT2D eigenvalue weighted by atomic mass is 32.1. The van der Waals surface area contributed by atoms with E-state index in [0.29, 0.717) is 0 Å². The molecule has 5 heterocycles. The number of fused-ring (bicyclic) bond motifs is 14. The first-order valence-corrected chi connectivity index (χ1v) is 34.4. The fraction of sp³-hybridized carbons (Fsp3) is 0.279. The second kappa shape index (κ2) is 20.4. The van der Waals surface area contributed by atoms with Gasteiger partial charge in [0.2, 0.25) is 0 Å². The van der Waals surface area contributed by atoms with Gasteiger partial charge in [0.25, 0.3) is 0 Å². The van der Waals surface area contributed by atoms with Gasteiger partial charge in [-0.25, -0.2) is 0 Å². The fourth-order valence-electron chi connectivity index (χ4n) is 15.5. The van der Waals surface area contributed by atoms with Crippen LogP contribution in [0.5, 0.6) is 0 Å². The smallest absolute Gasteiger partial charge is 0.376 e. The van der Waals surface area contributed by atoms with Gasteiger partial charge in [-0.2, -0.15) is 0 Å². The lowest BCUT2D eigenvalue weighted by atomic mass is 9.45. The van der Waals surface area contributed by atoms with E-state index in [1.54, 1.807) is 0 Å². The van der Waals surface area contributed by atoms with Crippen LogP contribution in [0.15, 0.2) is 203 Å². The second-order valence-electron chi connectivity index (χ2n) is 32.5. The van der Waals surface area contributed by atoms with E-state index in [2.05, 4.69) is 320 Å². The molecule has 0 saturated heterocycles. The molecule has 464 valence electrons. The Morgan fingerprint density at radius 2 is 0.968 bits per heavy atom. The summed E-state index contributed by atoms with van der Waals surface area (Å²) in [7, 11) is 0. The number of furan rings is 2. The highest BCUT2D eigenvalue weighted by Crippen LogP contribution is 2.57. The summed E-state index contributed by atoms with van der Waals surface area (Å²) in [6.07, 6.45) is 2.20. The maximum absolute atomic E-state index is 7.93. The van der Waals surface area contributed by atoms with E-state index < -0.39 is 6.85 Å². The Kier molecular flexibility index (Phi) is 13.0. The standard InChI is InChI=1S/C86H84BN3O2S/c1-81(2,3)52-26-33-56(34-27-52)88(57-35-28-53(29-36-57)82(4,5)6)59-39-41-74-63(45-59)64-46-62-65-47-66-60-24-20-21-25-72(60)91-79(66)78-76(65)87(90(71(62)50-75(64)93-74)58-37-30-54(31-38-58)83(7,8)9)80-77(67-48-68-69(49-73(67)92-80)86(15,16)43-42-85(68,13)14)89(78)70-40-32-55(84(10,11)12)44-61(70)51-22-18-17-19-23-51/h17-41,44-50H,42-43H2,1-16H3. The zero-order chi connectivity index (χ0) is 64.8. The number of para-hydroxylation sites is 1. The monoisotopic (exact) mass is 1230 g/mol. The minimum atomic E-state index is -0.410. The highest BCUT2D eigenvalue weighted by molar-refractivity contribution is 7.25. The zero-order valence-corrected chi connectivity index (χ0v) is 57.8. The maximum Gasteiger partial charge on any atom is 0.376 e. The average Bonchev–Trinajstić information content (AvgIpc) is 1.63. The first-order valence-electron chi connectivity index (χ1n) is 33.6. The molecule has 13 aromatic rings. The van der Waals surface area contributed by atoms with Gasteiger partial charge in [-0.1, -0.05) is 202 Å². The number of anilines is 8. The molecule has 1 aliphatic carbocycles. The van der Waals surface area contributed by atoms with E-state index in [4.69, 9.17) is 8.83 Å². The van der Waals surface area contributed by atoms with Crippen LogP contribution in [0, 0.1) is 0 Å². The van der Waals surface area contributed by atoms with E-state index in [9.17, 15) is 0 Å². The Hall–Kier alpha value is -8.78. The molecule has 16 rings (SSSR count). The summed E-state index contributed by atoms with van der Waals surface area (Å²) >= 11 is 1.88. The Labute approximate surface area is 553 Å². The Morgan fingerprint density at radius 3 is 1.59 bits per heavy atom. The van der Waals surface area contributed by atoms with Crippen LogP contribution in [0.2, 0.25) is 0 Å². The highest BCUT2D eigenvalue weighted by Gasteiger charge is 2.51. The van der Waals surface area contributed by atoms with Crippen molar-refractivity contribution in [2.75, 3.05) is 14.6 Å². The van der Waals surface area contributed by atoms with Crippen LogP contribution >= 0.6 is 11.3 Å². The molecule has 2 aliphatic heterocycles. The van der Waals surface area contributed by atoms with E-state index in [0.717, 1.165) is 113 Å². The van der Waals surface area contributed by atoms with Gasteiger partial charge in [0.15, 0.2) is 5.58 Å². The topological polar surface area (TPSA) is 36.0 Å². The Morgan fingerprint density at radius 1 is 0.419 bits per heavy atom. The molecule has 3 aromatic heterocycles. The molecule has 0 fully saturated rings. The van der Waals surface area contributed by atoms with Gasteiger partial charge < -0.3 is 23.4 Å². The predicted octanol–water partition coefficient (Wildman–Crippen LogP) is 24.1. The third-order valence-corrected chi connectivity index (χ3v) is 22.3. The third-order valence-electron chi connectivity index (χ3n) is 21.1. The van der Waals surface area contributed by atoms with Gasteiger partial charge in [-0.3, -0.25) is 0 Å². The summed E-state index contributed by atoms with van der Waals surface area (Å²) in [6, 6.07) is 74.4. The van der Waals surface area contributed by atoms with Gasteiger partial charge in [0.05, 0.1) is 17.1 Å². The molecule has 0 N–H and O–H groups in total. The minimum Gasteiger partial charge on any atom is -0.466 e. The van der Waals surface area contributed by atoms with Gasteiger partial charge >= 0.3 is 6.85 Å². The van der Waals surface area contributed by atoms with Crippen LogP contribution < -0.4 is 25.7 Å². The summed E-state index contributed by atoms with van der Waals surface area (Å²) in [5.74, 6) is 0. The maximum atomic E-state index is 7.93. The van der Waals surface area contributed by atoms with Gasteiger partial charge in [-0.15, -0.1) is 11.3 Å². The number of rotatable bonds is 6. The zero-order valence-electron chi connectivity index (χ0n) is 57.0. The van der Waals surface area contributed by atoms with Crippen LogP contribution in [0.25, 0.3) is 75.3 Å². The summed E-state index contributed by atoms with van der Waals surface area (Å²) < 4.78 is 17.9. The van der Waals surface area contributed by atoms with Crippen LogP contribution in [-0.2, 0) is 32.5 Å². The van der Waals surface area contributed by atoms with Crippen molar-refractivity contribution >= 4 is 128 Å². The van der Waals surface area contributed by atoms with Crippen molar-refractivity contribution in [2.45, 2.75) is 156 Å². The van der Waals surface area contributed by atoms with Crippen molar-refractivity contribution in [3.63, 3.8) is 0 Å². The first kappa shape index (κ1) is 59.3. The number of hydrogen-bond acceptors (Lipinski definition) is 6. The lowest BCUT2D eigenvalue weighted by molar-refractivity contribution is 0.332. The number of thiophene rings is 1. The molecule has 0 bridgehead atoms. The third kappa shape index (κ3) is 9.44. The quantitative estimate of drug-likeness (QED) is 0.155. The molecule has 0 unspecified atom stereocenters. The Bertz CT molecular complexity index is 5130. The molecule has 10 aromatic carbocycles. The molecule has 0 amide bonds. The van der Waals surface area contributed by atoms with Gasteiger partial charge in [0, 0.05) is 75.9 Å². The van der Waals surface area contributed by atoms with Crippen LogP contribution in [0.3, 0.4) is 0 Å². The number of hydrogen-bond donors (Lipinski definition) is 0. The molecule has 0 spiro atoms. The molecule has 3 aliphatic rings. The van der Waals surface area contributed by atoms with Crippen LogP contribution in [-0.4, -0.2) is 6.85 Å². The van der Waals surface area contributed by atoms with Crippen molar-refractivity contribution in [2.24, 2.45) is 0 Å². The molecular formula is C86H84BN3O2S. The molecule has 0 saturated carbocycles. The van der Waals surface area contributed by atoms with Crippen LogP contribution in [0.1, 0.15) is 157 Å². The summed E-state index contributed by atoms with van der Waals surface area (Å²) in [6.45, 7) is 37.0.